The Morgan fingerprint density at radius 3 is 2.37 bits per heavy atom. The number of carbonyl (C=O) groups is 1. The van der Waals surface area contributed by atoms with Gasteiger partial charge >= 0.3 is 0 Å². The molecule has 1 amide bonds. The molecule has 0 unspecified atom stereocenters. The largest absolute Gasteiger partial charge is 0.378 e. The number of likely N-dealkylation sites (tertiary alicyclic amines) is 2. The fourth-order valence-corrected chi connectivity index (χ4v) is 6.91. The third kappa shape index (κ3) is 3.98. The molecule has 5 heteroatoms. The lowest BCUT2D eigenvalue weighted by atomic mass is 9.49. The second kappa shape index (κ2) is 8.55. The van der Waals surface area contributed by atoms with Crippen LogP contribution >= 0.6 is 0 Å². The summed E-state index contributed by atoms with van der Waals surface area (Å²) in [5, 5.41) is 0. The minimum Gasteiger partial charge on any atom is -0.378 e. The first-order valence-electron chi connectivity index (χ1n) is 12.5. The Labute approximate surface area is 182 Å². The number of morpholine rings is 1. The van der Waals surface area contributed by atoms with E-state index in [-0.39, 0.29) is 5.92 Å². The number of piperidine rings is 2. The summed E-state index contributed by atoms with van der Waals surface area (Å²) in [5.74, 6) is 2.41. The molecule has 30 heavy (non-hydrogen) atoms. The molecule has 0 radical (unpaired) electrons. The molecule has 2 bridgehead atoms. The maximum atomic E-state index is 12.8. The Balaban J connectivity index is 1.05. The molecule has 3 saturated heterocycles. The van der Waals surface area contributed by atoms with E-state index in [0.717, 1.165) is 56.9 Å². The van der Waals surface area contributed by atoms with E-state index in [9.17, 15) is 4.79 Å². The summed E-state index contributed by atoms with van der Waals surface area (Å²) in [6, 6.07) is 0.727. The zero-order valence-corrected chi connectivity index (χ0v) is 19.2. The topological polar surface area (TPSA) is 36.0 Å². The van der Waals surface area contributed by atoms with Crippen LogP contribution in [0.25, 0.3) is 0 Å². The first-order valence-corrected chi connectivity index (χ1v) is 12.5. The van der Waals surface area contributed by atoms with Crippen molar-refractivity contribution in [1.82, 2.24) is 14.7 Å². The number of carbonyl (C=O) groups excluding carboxylic acids is 1. The third-order valence-electron chi connectivity index (χ3n) is 9.26. The highest BCUT2D eigenvalue weighted by molar-refractivity contribution is 5.79. The van der Waals surface area contributed by atoms with Crippen LogP contribution in [-0.2, 0) is 9.53 Å². The quantitative estimate of drug-likeness (QED) is 0.662. The molecule has 6 rings (SSSR count). The van der Waals surface area contributed by atoms with E-state index in [2.05, 4.69) is 29.7 Å². The molecule has 4 fully saturated rings. The summed E-state index contributed by atoms with van der Waals surface area (Å²) in [5.41, 5.74) is 2.29. The second-order valence-corrected chi connectivity index (χ2v) is 11.1. The first kappa shape index (κ1) is 21.0. The predicted molar refractivity (Wildman–Crippen MR) is 119 cm³/mol. The molecule has 0 spiro atoms. The maximum Gasteiger partial charge on any atom is 0.225 e. The Morgan fingerprint density at radius 2 is 1.73 bits per heavy atom. The summed E-state index contributed by atoms with van der Waals surface area (Å²) >= 11 is 0. The molecule has 168 valence electrons. The number of fused-ring (bicyclic) bond motifs is 1. The summed E-state index contributed by atoms with van der Waals surface area (Å²) in [7, 11) is 0. The molecule has 0 N–H and O–H groups in total. The van der Waals surface area contributed by atoms with Gasteiger partial charge in [0.05, 0.1) is 13.2 Å². The van der Waals surface area contributed by atoms with Crippen molar-refractivity contribution in [3.8, 4) is 0 Å². The van der Waals surface area contributed by atoms with Crippen LogP contribution in [0.3, 0.4) is 0 Å². The average molecular weight is 416 g/mol. The Morgan fingerprint density at radius 1 is 1.03 bits per heavy atom. The minimum atomic E-state index is 0.243. The van der Waals surface area contributed by atoms with E-state index in [4.69, 9.17) is 4.74 Å². The van der Waals surface area contributed by atoms with Crippen LogP contribution < -0.4 is 0 Å². The van der Waals surface area contributed by atoms with E-state index < -0.39 is 0 Å². The van der Waals surface area contributed by atoms with Gasteiger partial charge in [0.15, 0.2) is 0 Å². The number of hydrogen-bond donors (Lipinski definition) is 0. The van der Waals surface area contributed by atoms with E-state index >= 15 is 0 Å². The smallest absolute Gasteiger partial charge is 0.225 e. The standard InChI is InChI=1S/C25H41N3O2/c1-25(2)21-4-3-20(23(25)17-21)18-26-9-7-22(8-10-26)27-11-5-19(6-12-27)24(29)28-13-15-30-16-14-28/h3,19,21-23H,4-18H2,1-2H3/t21-,23-/m0/s1. The molecular weight excluding hydrogens is 374 g/mol. The van der Waals surface area contributed by atoms with Gasteiger partial charge in [-0.05, 0) is 82.0 Å². The number of nitrogens with zero attached hydrogens (tertiary/aromatic N) is 3. The summed E-state index contributed by atoms with van der Waals surface area (Å²) in [4.78, 5) is 20.2. The molecule has 0 aromatic rings. The summed E-state index contributed by atoms with van der Waals surface area (Å²) < 4.78 is 5.40. The number of allylic oxidation sites excluding steroid dienone is 1. The molecule has 3 heterocycles. The normalized spacial score (nSPS) is 33.8. The SMILES string of the molecule is CC1(C)[C@H]2CC=C(CN3CCC(N4CCC(C(=O)N5CCOCC5)CC4)CC3)[C@@H]1C2. The predicted octanol–water partition coefficient (Wildman–Crippen LogP) is 3.01. The fraction of sp³-hybridized carbons (Fsp3) is 0.880. The molecular formula is C25H41N3O2. The summed E-state index contributed by atoms with van der Waals surface area (Å²) in [6.45, 7) is 13.9. The van der Waals surface area contributed by atoms with Crippen LogP contribution in [0.1, 0.15) is 52.4 Å². The first-order chi connectivity index (χ1) is 14.5. The molecule has 5 nitrogen and oxygen atoms in total. The fourth-order valence-electron chi connectivity index (χ4n) is 6.91. The van der Waals surface area contributed by atoms with Gasteiger partial charge in [-0.25, -0.2) is 0 Å². The van der Waals surface area contributed by atoms with Crippen molar-refractivity contribution in [2.75, 3.05) is 59.0 Å². The monoisotopic (exact) mass is 415 g/mol. The van der Waals surface area contributed by atoms with E-state index in [1.807, 2.05) is 4.90 Å². The molecule has 0 aromatic carbocycles. The van der Waals surface area contributed by atoms with Crippen LogP contribution in [0.4, 0.5) is 0 Å². The van der Waals surface area contributed by atoms with E-state index in [0.29, 0.717) is 24.5 Å². The molecule has 3 aliphatic heterocycles. The van der Waals surface area contributed by atoms with Crippen LogP contribution in [0.5, 0.6) is 0 Å². The summed E-state index contributed by atoms with van der Waals surface area (Å²) in [6.07, 6.45) is 10.0. The molecule has 1 saturated carbocycles. The van der Waals surface area contributed by atoms with Gasteiger partial charge in [0.25, 0.3) is 0 Å². The second-order valence-electron chi connectivity index (χ2n) is 11.1. The van der Waals surface area contributed by atoms with Crippen molar-refractivity contribution in [2.24, 2.45) is 23.2 Å². The number of amides is 1. The maximum absolute atomic E-state index is 12.8. The van der Waals surface area contributed by atoms with Crippen LogP contribution in [0.15, 0.2) is 11.6 Å². The zero-order valence-electron chi connectivity index (χ0n) is 19.2. The van der Waals surface area contributed by atoms with Gasteiger partial charge in [-0.15, -0.1) is 0 Å². The van der Waals surface area contributed by atoms with Crippen molar-refractivity contribution >= 4 is 5.91 Å². The number of rotatable bonds is 4. The van der Waals surface area contributed by atoms with Gasteiger partial charge in [0.1, 0.15) is 0 Å². The lowest BCUT2D eigenvalue weighted by Crippen LogP contribution is -2.52. The van der Waals surface area contributed by atoms with Crippen molar-refractivity contribution in [2.45, 2.75) is 58.4 Å². The number of ether oxygens (including phenoxy) is 1. The van der Waals surface area contributed by atoms with Crippen molar-refractivity contribution in [3.05, 3.63) is 11.6 Å². The molecule has 2 atom stereocenters. The molecule has 6 aliphatic rings. The van der Waals surface area contributed by atoms with Gasteiger partial charge in [-0.1, -0.05) is 25.5 Å². The van der Waals surface area contributed by atoms with Gasteiger partial charge in [-0.2, -0.15) is 0 Å². The molecule has 3 aliphatic carbocycles. The van der Waals surface area contributed by atoms with Crippen LogP contribution in [-0.4, -0.2) is 85.7 Å². The lowest BCUT2D eigenvalue weighted by molar-refractivity contribution is -0.141. The Kier molecular flexibility index (Phi) is 5.98. The number of hydrogen-bond acceptors (Lipinski definition) is 4. The molecule has 0 aromatic heterocycles. The zero-order chi connectivity index (χ0) is 20.7. The van der Waals surface area contributed by atoms with Crippen molar-refractivity contribution < 1.29 is 9.53 Å². The highest BCUT2D eigenvalue weighted by atomic mass is 16.5. The Hall–Kier alpha value is -0.910. The lowest BCUT2D eigenvalue weighted by Gasteiger charge is -2.57. The van der Waals surface area contributed by atoms with Crippen LogP contribution in [0, 0.1) is 23.2 Å². The van der Waals surface area contributed by atoms with E-state index in [1.54, 1.807) is 5.57 Å². The van der Waals surface area contributed by atoms with Gasteiger partial charge in [0, 0.05) is 31.6 Å². The third-order valence-corrected chi connectivity index (χ3v) is 9.26. The average Bonchev–Trinajstić information content (AvgIpc) is 2.80. The van der Waals surface area contributed by atoms with Gasteiger partial charge in [-0.3, -0.25) is 9.69 Å². The van der Waals surface area contributed by atoms with Crippen molar-refractivity contribution in [3.63, 3.8) is 0 Å². The highest BCUT2D eigenvalue weighted by Gasteiger charge is 2.51. The van der Waals surface area contributed by atoms with Crippen molar-refractivity contribution in [1.29, 1.82) is 0 Å². The Bertz CT molecular complexity index is 653. The van der Waals surface area contributed by atoms with Gasteiger partial charge in [0.2, 0.25) is 5.91 Å². The van der Waals surface area contributed by atoms with E-state index in [1.165, 1.54) is 45.3 Å². The van der Waals surface area contributed by atoms with Gasteiger partial charge < -0.3 is 14.5 Å². The minimum absolute atomic E-state index is 0.243. The van der Waals surface area contributed by atoms with Crippen LogP contribution in [0.2, 0.25) is 0 Å². The highest BCUT2D eigenvalue weighted by Crippen LogP contribution is 2.59.